The summed E-state index contributed by atoms with van der Waals surface area (Å²) < 4.78 is 10.9. The Morgan fingerprint density at radius 1 is 1.22 bits per heavy atom. The third-order valence-electron chi connectivity index (χ3n) is 4.57. The molecule has 2 unspecified atom stereocenters. The minimum Gasteiger partial charge on any atom is -0.450 e. The Hall–Kier alpha value is -1.72. The fourth-order valence-electron chi connectivity index (χ4n) is 3.28. The number of hydrogen-bond donors (Lipinski definition) is 0. The zero-order valence-corrected chi connectivity index (χ0v) is 18.2. The van der Waals surface area contributed by atoms with Crippen molar-refractivity contribution >= 4 is 19.9 Å². The van der Waals surface area contributed by atoms with E-state index in [2.05, 4.69) is 26.6 Å². The van der Waals surface area contributed by atoms with Gasteiger partial charge < -0.3 is 9.16 Å². The van der Waals surface area contributed by atoms with E-state index in [0.29, 0.717) is 12.0 Å². The van der Waals surface area contributed by atoms with Gasteiger partial charge in [-0.05, 0) is 51.2 Å². The summed E-state index contributed by atoms with van der Waals surface area (Å²) in [7, 11) is -1.66. The molecule has 0 saturated carbocycles. The molecule has 0 saturated heterocycles. The van der Waals surface area contributed by atoms with Crippen molar-refractivity contribution in [3.05, 3.63) is 35.9 Å². The Labute approximate surface area is 164 Å². The van der Waals surface area contributed by atoms with E-state index in [1.165, 1.54) is 0 Å². The van der Waals surface area contributed by atoms with Crippen LogP contribution in [0.4, 0.5) is 0 Å². The summed E-state index contributed by atoms with van der Waals surface area (Å²) in [6.45, 7) is 10.1. The third-order valence-corrected chi connectivity index (χ3v) is 5.58. The molecule has 0 amide bonds. The molecule has 4 nitrogen and oxygen atoms in total. The van der Waals surface area contributed by atoms with Gasteiger partial charge in [-0.15, -0.1) is 0 Å². The first kappa shape index (κ1) is 21.6. The Morgan fingerprint density at radius 2 is 1.85 bits per heavy atom. The highest BCUT2D eigenvalue weighted by atomic mass is 28.4. The lowest BCUT2D eigenvalue weighted by Gasteiger charge is -2.21. The molecule has 0 bridgehead atoms. The fraction of sp³-hybridized carbons (Fsp3) is 0.545. The number of ketones is 2. The number of carbonyl (C=O) groups excluding carboxylic acids is 2. The van der Waals surface area contributed by atoms with E-state index in [1.807, 2.05) is 30.3 Å². The molecular weight excluding hydrogens is 356 g/mol. The molecule has 0 fully saturated rings. The third kappa shape index (κ3) is 7.07. The Kier molecular flexibility index (Phi) is 7.56. The van der Waals surface area contributed by atoms with E-state index in [-0.39, 0.29) is 23.6 Å². The second-order valence-corrected chi connectivity index (χ2v) is 12.7. The van der Waals surface area contributed by atoms with Crippen LogP contribution in [0, 0.1) is 5.92 Å². The lowest BCUT2D eigenvalue weighted by molar-refractivity contribution is -0.123. The lowest BCUT2D eigenvalue weighted by atomic mass is 9.89. The lowest BCUT2D eigenvalue weighted by Crippen LogP contribution is -2.30. The molecule has 2 atom stereocenters. The summed E-state index contributed by atoms with van der Waals surface area (Å²) in [6.07, 6.45) is 6.25. The molecule has 1 aromatic rings. The summed E-state index contributed by atoms with van der Waals surface area (Å²) in [4.78, 5) is 24.0. The van der Waals surface area contributed by atoms with Gasteiger partial charge in [0.05, 0.1) is 6.10 Å². The van der Waals surface area contributed by atoms with Gasteiger partial charge in [0, 0.05) is 17.9 Å². The van der Waals surface area contributed by atoms with Crippen molar-refractivity contribution in [1.29, 1.82) is 0 Å². The van der Waals surface area contributed by atoms with Crippen molar-refractivity contribution < 1.29 is 18.8 Å². The van der Waals surface area contributed by atoms with Crippen LogP contribution < -0.4 is 4.74 Å². The van der Waals surface area contributed by atoms with Crippen LogP contribution in [0.25, 0.3) is 0 Å². The van der Waals surface area contributed by atoms with Gasteiger partial charge in [0.1, 0.15) is 5.78 Å². The van der Waals surface area contributed by atoms with Crippen LogP contribution in [0.1, 0.15) is 46.0 Å². The van der Waals surface area contributed by atoms with Crippen molar-refractivity contribution in [3.63, 3.8) is 0 Å². The van der Waals surface area contributed by atoms with E-state index in [0.717, 1.165) is 37.2 Å². The molecule has 1 aliphatic heterocycles. The zero-order chi connectivity index (χ0) is 20.0. The SMILES string of the molecule is CCCCCC(C(C)=O)C1=CC(O[Si](C)(C)C)CC1=O.c1ccc2c(c1)O2. The number of allylic oxidation sites excluding steroid dienone is 1. The van der Waals surface area contributed by atoms with Gasteiger partial charge in [0.2, 0.25) is 0 Å². The van der Waals surface area contributed by atoms with Gasteiger partial charge >= 0.3 is 0 Å². The van der Waals surface area contributed by atoms with Gasteiger partial charge in [-0.25, -0.2) is 0 Å². The molecular formula is C22H32O4Si. The maximum atomic E-state index is 12.2. The Bertz CT molecular complexity index is 682. The number of hydrogen-bond acceptors (Lipinski definition) is 4. The van der Waals surface area contributed by atoms with E-state index >= 15 is 0 Å². The van der Waals surface area contributed by atoms with E-state index in [9.17, 15) is 9.59 Å². The van der Waals surface area contributed by atoms with Gasteiger partial charge in [-0.1, -0.05) is 38.3 Å². The number of rotatable bonds is 8. The molecule has 0 N–H and O–H groups in total. The molecule has 1 heterocycles. The standard InChI is InChI=1S/C16H28O3Si.C6H4O/c1-6-7-8-9-14(12(2)17)15-10-13(11-16(15)18)19-20(3,4)5;1-2-4-6-5(3-1)7-6/h10,13-14H,6-9,11H2,1-5H3;1-4H. The van der Waals surface area contributed by atoms with Crippen molar-refractivity contribution in [1.82, 2.24) is 0 Å². The highest BCUT2D eigenvalue weighted by Gasteiger charge is 2.33. The first-order valence-electron chi connectivity index (χ1n) is 9.91. The van der Waals surface area contributed by atoms with Gasteiger partial charge in [-0.2, -0.15) is 0 Å². The number of carbonyl (C=O) groups is 2. The normalized spacial score (nSPS) is 18.6. The fourth-order valence-corrected chi connectivity index (χ4v) is 4.34. The van der Waals surface area contributed by atoms with Crippen LogP contribution in [0.5, 0.6) is 11.5 Å². The number of para-hydroxylation sites is 2. The van der Waals surface area contributed by atoms with Crippen LogP contribution in [0.2, 0.25) is 19.6 Å². The quantitative estimate of drug-likeness (QED) is 0.331. The predicted molar refractivity (Wildman–Crippen MR) is 111 cm³/mol. The molecule has 1 aliphatic carbocycles. The van der Waals surface area contributed by atoms with Crippen LogP contribution in [0.15, 0.2) is 35.9 Å². The Balaban J connectivity index is 0.000000304. The largest absolute Gasteiger partial charge is 0.450 e. The molecule has 3 rings (SSSR count). The average molecular weight is 389 g/mol. The predicted octanol–water partition coefficient (Wildman–Crippen LogP) is 5.68. The van der Waals surface area contributed by atoms with Crippen LogP contribution in [-0.4, -0.2) is 26.0 Å². The number of fused-ring (bicyclic) bond motifs is 1. The van der Waals surface area contributed by atoms with E-state index in [4.69, 9.17) is 9.16 Å². The van der Waals surface area contributed by atoms with Crippen molar-refractivity contribution in [2.24, 2.45) is 5.92 Å². The van der Waals surface area contributed by atoms with E-state index < -0.39 is 8.32 Å². The minimum atomic E-state index is -1.66. The highest BCUT2D eigenvalue weighted by Crippen LogP contribution is 2.43. The number of benzene rings is 1. The zero-order valence-electron chi connectivity index (χ0n) is 17.2. The second kappa shape index (κ2) is 9.47. The van der Waals surface area contributed by atoms with Crippen LogP contribution >= 0.6 is 0 Å². The smallest absolute Gasteiger partial charge is 0.184 e. The molecule has 148 valence electrons. The van der Waals surface area contributed by atoms with Crippen LogP contribution in [0.3, 0.4) is 0 Å². The minimum absolute atomic E-state index is 0.102. The maximum absolute atomic E-state index is 12.2. The van der Waals surface area contributed by atoms with E-state index in [1.54, 1.807) is 6.92 Å². The molecule has 2 aliphatic rings. The molecule has 0 aromatic heterocycles. The van der Waals surface area contributed by atoms with Crippen molar-refractivity contribution in [3.8, 4) is 11.5 Å². The number of Topliss-reactive ketones (excluding diaryl/α,β-unsaturated/α-hetero) is 2. The van der Waals surface area contributed by atoms with Crippen molar-refractivity contribution in [2.45, 2.75) is 71.7 Å². The summed E-state index contributed by atoms with van der Waals surface area (Å²) in [5.74, 6) is 2.05. The van der Waals surface area contributed by atoms with Gasteiger partial charge in [-0.3, -0.25) is 9.59 Å². The molecule has 1 aromatic carbocycles. The molecule has 27 heavy (non-hydrogen) atoms. The summed E-state index contributed by atoms with van der Waals surface area (Å²) in [6, 6.07) is 7.84. The number of unbranched alkanes of at least 4 members (excludes halogenated alkanes) is 2. The second-order valence-electron chi connectivity index (χ2n) is 8.23. The van der Waals surface area contributed by atoms with Crippen molar-refractivity contribution in [2.75, 3.05) is 0 Å². The summed E-state index contributed by atoms with van der Waals surface area (Å²) >= 11 is 0. The first-order chi connectivity index (χ1) is 12.7. The maximum Gasteiger partial charge on any atom is 0.184 e. The molecule has 5 heteroatoms. The monoisotopic (exact) mass is 388 g/mol. The topological polar surface area (TPSA) is 55.9 Å². The summed E-state index contributed by atoms with van der Waals surface area (Å²) in [5.41, 5.74) is 0.705. The van der Waals surface area contributed by atoms with Gasteiger partial charge in [0.25, 0.3) is 0 Å². The highest BCUT2D eigenvalue weighted by molar-refractivity contribution is 6.69. The van der Waals surface area contributed by atoms with Crippen LogP contribution in [-0.2, 0) is 14.0 Å². The average Bonchev–Trinajstić information content (AvgIpc) is 3.28. The summed E-state index contributed by atoms with van der Waals surface area (Å²) in [5, 5.41) is 0. The molecule has 0 spiro atoms. The molecule has 0 radical (unpaired) electrons. The Morgan fingerprint density at radius 3 is 2.33 bits per heavy atom. The first-order valence-corrected chi connectivity index (χ1v) is 13.3. The van der Waals surface area contributed by atoms with Gasteiger partial charge in [0.15, 0.2) is 25.6 Å². The number of ether oxygens (including phenoxy) is 1.